The summed E-state index contributed by atoms with van der Waals surface area (Å²) in [5.74, 6) is -0.0493. The minimum absolute atomic E-state index is 0.0558. The largest absolute Gasteiger partial charge is 0.439 e. The highest BCUT2D eigenvalue weighted by molar-refractivity contribution is 7.19. The first-order chi connectivity index (χ1) is 14.0. The average molecular weight is 399 g/mol. The Bertz CT molecular complexity index is 1450. The van der Waals surface area contributed by atoms with E-state index in [2.05, 4.69) is 12.1 Å². The van der Waals surface area contributed by atoms with Gasteiger partial charge in [0.15, 0.2) is 0 Å². The molecule has 29 heavy (non-hydrogen) atoms. The van der Waals surface area contributed by atoms with E-state index >= 15 is 0 Å². The van der Waals surface area contributed by atoms with Gasteiger partial charge in [-0.2, -0.15) is 5.26 Å². The first kappa shape index (κ1) is 17.5. The molecule has 2 N–H and O–H groups in total. The van der Waals surface area contributed by atoms with Crippen LogP contribution in [0.4, 0.5) is 0 Å². The molecule has 142 valence electrons. The van der Waals surface area contributed by atoms with E-state index in [0.29, 0.717) is 11.3 Å². The number of para-hydroxylation sites is 1. The maximum atomic E-state index is 13.4. The van der Waals surface area contributed by atoms with Crippen LogP contribution >= 0.6 is 11.3 Å². The van der Waals surface area contributed by atoms with Gasteiger partial charge in [-0.25, -0.2) is 0 Å². The minimum atomic E-state index is -0.551. The van der Waals surface area contributed by atoms with Crippen molar-refractivity contribution in [2.45, 2.75) is 12.8 Å². The van der Waals surface area contributed by atoms with Crippen LogP contribution in [0.3, 0.4) is 0 Å². The Morgan fingerprint density at radius 2 is 1.83 bits per heavy atom. The molecule has 0 amide bonds. The zero-order chi connectivity index (χ0) is 20.3. The lowest BCUT2D eigenvalue weighted by molar-refractivity contribution is 0.396. The molecule has 0 bridgehead atoms. The van der Waals surface area contributed by atoms with Crippen LogP contribution < -0.4 is 16.0 Å². The van der Waals surface area contributed by atoms with E-state index in [1.54, 1.807) is 23.0 Å². The Labute approximate surface area is 170 Å². The Morgan fingerprint density at radius 1 is 1.14 bits per heavy atom. The van der Waals surface area contributed by atoms with Crippen molar-refractivity contribution < 1.29 is 4.74 Å². The third-order valence-electron chi connectivity index (χ3n) is 5.61. The highest BCUT2D eigenvalue weighted by Crippen LogP contribution is 2.47. The number of benzene rings is 2. The SMILES string of the molecule is Cc1c(C2C(C#N)=C(N)Oc3c2c(=O)n(C)c2ccccc32)sc2ccccc12. The first-order valence-corrected chi connectivity index (χ1v) is 10.0. The minimum Gasteiger partial charge on any atom is -0.439 e. The molecule has 4 aromatic rings. The van der Waals surface area contributed by atoms with Crippen LogP contribution in [0.1, 0.15) is 21.9 Å². The molecule has 1 unspecified atom stereocenters. The Morgan fingerprint density at radius 3 is 2.55 bits per heavy atom. The summed E-state index contributed by atoms with van der Waals surface area (Å²) in [6.45, 7) is 2.03. The van der Waals surface area contributed by atoms with Crippen molar-refractivity contribution in [1.82, 2.24) is 4.57 Å². The summed E-state index contributed by atoms with van der Waals surface area (Å²) in [5, 5.41) is 11.8. The molecule has 0 saturated heterocycles. The second-order valence-corrected chi connectivity index (χ2v) is 8.22. The van der Waals surface area contributed by atoms with Crippen LogP contribution in [0.15, 0.2) is 64.8 Å². The van der Waals surface area contributed by atoms with Gasteiger partial charge in [0, 0.05) is 22.0 Å². The summed E-state index contributed by atoms with van der Waals surface area (Å²) in [6, 6.07) is 17.8. The molecule has 0 spiro atoms. The van der Waals surface area contributed by atoms with Crippen LogP contribution in [0.25, 0.3) is 21.0 Å². The van der Waals surface area contributed by atoms with Gasteiger partial charge < -0.3 is 15.0 Å². The predicted octanol–water partition coefficient (Wildman–Crippen LogP) is 4.28. The zero-order valence-electron chi connectivity index (χ0n) is 15.9. The smallest absolute Gasteiger partial charge is 0.258 e. The van der Waals surface area contributed by atoms with Crippen LogP contribution in [0, 0.1) is 18.3 Å². The number of nitrogens with two attached hydrogens (primary N) is 1. The topological polar surface area (TPSA) is 81.0 Å². The lowest BCUT2D eigenvalue weighted by Gasteiger charge is -2.27. The normalized spacial score (nSPS) is 16.0. The summed E-state index contributed by atoms with van der Waals surface area (Å²) in [6.07, 6.45) is 0. The highest BCUT2D eigenvalue weighted by atomic mass is 32.1. The van der Waals surface area contributed by atoms with Crippen molar-refractivity contribution >= 4 is 32.3 Å². The second-order valence-electron chi connectivity index (χ2n) is 7.14. The monoisotopic (exact) mass is 399 g/mol. The number of aryl methyl sites for hydroxylation is 2. The zero-order valence-corrected chi connectivity index (χ0v) is 16.7. The van der Waals surface area contributed by atoms with Crippen molar-refractivity contribution in [1.29, 1.82) is 5.26 Å². The molecule has 2 aromatic carbocycles. The summed E-state index contributed by atoms with van der Waals surface area (Å²) in [5.41, 5.74) is 8.56. The number of fused-ring (bicyclic) bond motifs is 4. The molecule has 5 rings (SSSR count). The molecule has 0 aliphatic carbocycles. The van der Waals surface area contributed by atoms with Gasteiger partial charge in [-0.05, 0) is 36.1 Å². The quantitative estimate of drug-likeness (QED) is 0.518. The van der Waals surface area contributed by atoms with Gasteiger partial charge in [0.2, 0.25) is 5.88 Å². The standard InChI is InChI=1S/C23H17N3O2S/c1-12-13-7-4-6-10-17(13)29-21(12)18-15(11-24)22(25)28-20-14-8-3-5-9-16(14)26(2)23(27)19(18)20/h3-10,18H,25H2,1-2H3. The number of pyridine rings is 1. The molecule has 3 heterocycles. The van der Waals surface area contributed by atoms with E-state index < -0.39 is 5.92 Å². The van der Waals surface area contributed by atoms with Crippen LogP contribution in [0.2, 0.25) is 0 Å². The molecule has 2 aromatic heterocycles. The fourth-order valence-corrected chi connectivity index (χ4v) is 5.49. The van der Waals surface area contributed by atoms with Crippen molar-refractivity contribution in [2.75, 3.05) is 0 Å². The second kappa shape index (κ2) is 6.23. The van der Waals surface area contributed by atoms with Crippen molar-refractivity contribution in [3.05, 3.63) is 86.3 Å². The van der Waals surface area contributed by atoms with Gasteiger partial charge in [0.25, 0.3) is 5.56 Å². The number of ether oxygens (including phenoxy) is 1. The number of hydrogen-bond acceptors (Lipinski definition) is 5. The lowest BCUT2D eigenvalue weighted by Crippen LogP contribution is -2.31. The Hall–Kier alpha value is -3.56. The van der Waals surface area contributed by atoms with Gasteiger partial charge >= 0.3 is 0 Å². The van der Waals surface area contributed by atoms with E-state index in [-0.39, 0.29) is 17.0 Å². The third kappa shape index (κ3) is 2.35. The molecule has 1 aliphatic rings. The number of aromatic nitrogens is 1. The van der Waals surface area contributed by atoms with Gasteiger partial charge in [0.05, 0.1) is 17.0 Å². The predicted molar refractivity (Wildman–Crippen MR) is 115 cm³/mol. The van der Waals surface area contributed by atoms with E-state index in [9.17, 15) is 10.1 Å². The lowest BCUT2D eigenvalue weighted by atomic mass is 9.86. The summed E-state index contributed by atoms with van der Waals surface area (Å²) >= 11 is 1.59. The summed E-state index contributed by atoms with van der Waals surface area (Å²) < 4.78 is 8.60. The van der Waals surface area contributed by atoms with Gasteiger partial charge in [-0.1, -0.05) is 30.3 Å². The summed E-state index contributed by atoms with van der Waals surface area (Å²) in [7, 11) is 1.74. The third-order valence-corrected chi connectivity index (χ3v) is 6.95. The Balaban J connectivity index is 1.93. The van der Waals surface area contributed by atoms with E-state index in [0.717, 1.165) is 31.4 Å². The maximum absolute atomic E-state index is 13.4. The fraction of sp³-hybridized carbons (Fsp3) is 0.130. The fourth-order valence-electron chi connectivity index (χ4n) is 4.16. The van der Waals surface area contributed by atoms with Crippen molar-refractivity contribution in [3.63, 3.8) is 0 Å². The molecule has 1 aliphatic heterocycles. The number of allylic oxidation sites excluding steroid dienone is 1. The number of nitriles is 1. The van der Waals surface area contributed by atoms with Crippen molar-refractivity contribution in [2.24, 2.45) is 12.8 Å². The first-order valence-electron chi connectivity index (χ1n) is 9.20. The molecule has 5 nitrogen and oxygen atoms in total. The van der Waals surface area contributed by atoms with Crippen molar-refractivity contribution in [3.8, 4) is 11.8 Å². The van der Waals surface area contributed by atoms with E-state index in [1.165, 1.54) is 0 Å². The number of thiophene rings is 1. The maximum Gasteiger partial charge on any atom is 0.258 e. The summed E-state index contributed by atoms with van der Waals surface area (Å²) in [4.78, 5) is 14.4. The van der Waals surface area contributed by atoms with E-state index in [1.807, 2.05) is 49.4 Å². The molecule has 1 atom stereocenters. The molecule has 0 fully saturated rings. The number of rotatable bonds is 1. The van der Waals surface area contributed by atoms with Gasteiger partial charge in [0.1, 0.15) is 17.4 Å². The molecular weight excluding hydrogens is 382 g/mol. The molecule has 0 radical (unpaired) electrons. The Kier molecular flexibility index (Phi) is 3.76. The number of nitrogens with zero attached hydrogens (tertiary/aromatic N) is 2. The van der Waals surface area contributed by atoms with E-state index in [4.69, 9.17) is 10.5 Å². The van der Waals surface area contributed by atoms with Crippen LogP contribution in [-0.4, -0.2) is 4.57 Å². The molecule has 0 saturated carbocycles. The van der Waals surface area contributed by atoms with Gasteiger partial charge in [-0.15, -0.1) is 11.3 Å². The van der Waals surface area contributed by atoms with Crippen LogP contribution in [0.5, 0.6) is 5.75 Å². The molecular formula is C23H17N3O2S. The number of hydrogen-bond donors (Lipinski definition) is 1. The highest BCUT2D eigenvalue weighted by Gasteiger charge is 2.37. The van der Waals surface area contributed by atoms with Gasteiger partial charge in [-0.3, -0.25) is 4.79 Å². The average Bonchev–Trinajstić information content (AvgIpc) is 3.07. The molecule has 6 heteroatoms. The van der Waals surface area contributed by atoms with Crippen LogP contribution in [-0.2, 0) is 7.05 Å².